The molecule has 0 amide bonds. The van der Waals surface area contributed by atoms with Crippen molar-refractivity contribution in [3.8, 4) is 5.75 Å². The Labute approximate surface area is 92.4 Å². The third kappa shape index (κ3) is 5.25. The Bertz CT molecular complexity index is 385. The lowest BCUT2D eigenvalue weighted by Crippen LogP contribution is -2.05. The van der Waals surface area contributed by atoms with E-state index in [1.807, 2.05) is 0 Å². The molecule has 0 unspecified atom stereocenters. The van der Waals surface area contributed by atoms with Gasteiger partial charge in [0, 0.05) is 6.42 Å². The van der Waals surface area contributed by atoms with Crippen LogP contribution in [-0.2, 0) is 11.0 Å². The number of phosphoric acid groups is 1. The number of phosphoric ester groups is 1. The third-order valence-electron chi connectivity index (χ3n) is 1.81. The Morgan fingerprint density at radius 1 is 1.31 bits per heavy atom. The van der Waals surface area contributed by atoms with E-state index in [4.69, 9.17) is 20.0 Å². The van der Waals surface area contributed by atoms with Crippen LogP contribution in [0.25, 0.3) is 0 Å². The number of hydrogen-bond acceptors (Lipinski definition) is 4. The van der Waals surface area contributed by atoms with Crippen LogP contribution in [0.3, 0.4) is 0 Å². The van der Waals surface area contributed by atoms with Gasteiger partial charge < -0.3 is 14.7 Å². The van der Waals surface area contributed by atoms with Crippen LogP contribution in [0.2, 0.25) is 0 Å². The Morgan fingerprint density at radius 3 is 2.56 bits per heavy atom. The maximum atomic E-state index is 10.6. The molecule has 6 nitrogen and oxygen atoms in total. The molecule has 0 aliphatic carbocycles. The molecule has 0 atom stereocenters. The van der Waals surface area contributed by atoms with Crippen LogP contribution in [0, 0.1) is 0 Å². The fourth-order valence-electron chi connectivity index (χ4n) is 1.19. The molecule has 16 heavy (non-hydrogen) atoms. The molecule has 0 saturated heterocycles. The van der Waals surface area contributed by atoms with Gasteiger partial charge in [-0.15, -0.1) is 0 Å². The fraction of sp³-hybridized carbons (Fsp3) is 0.333. The van der Waals surface area contributed by atoms with Crippen molar-refractivity contribution in [3.63, 3.8) is 0 Å². The molecule has 0 heterocycles. The Balaban J connectivity index is 2.68. The first-order valence-electron chi connectivity index (χ1n) is 4.57. The number of hydrogen-bond donors (Lipinski definition) is 4. The lowest BCUT2D eigenvalue weighted by Gasteiger charge is -2.08. The van der Waals surface area contributed by atoms with E-state index in [1.54, 1.807) is 12.1 Å². The van der Waals surface area contributed by atoms with Crippen LogP contribution >= 0.6 is 7.82 Å². The van der Waals surface area contributed by atoms with Crippen LogP contribution in [-0.4, -0.2) is 26.3 Å². The molecule has 0 aliphatic rings. The van der Waals surface area contributed by atoms with E-state index < -0.39 is 14.1 Å². The predicted molar refractivity (Wildman–Crippen MR) is 55.7 cm³/mol. The molecule has 7 heteroatoms. The smallest absolute Gasteiger partial charge is 0.404 e. The average Bonchev–Trinajstić information content (AvgIpc) is 2.12. The van der Waals surface area contributed by atoms with E-state index in [-0.39, 0.29) is 12.2 Å². The van der Waals surface area contributed by atoms with Crippen molar-refractivity contribution in [3.05, 3.63) is 29.8 Å². The number of benzene rings is 1. The zero-order chi connectivity index (χ0) is 12.2. The second-order valence-electron chi connectivity index (χ2n) is 3.25. The van der Waals surface area contributed by atoms with Crippen molar-refractivity contribution in [1.82, 2.24) is 0 Å². The predicted octanol–water partition coefficient (Wildman–Crippen LogP) is 0.401. The standard InChI is InChI=1S/C9H13O6P/c10-9(11)5-4-7-2-1-3-8(6-7)15-16(12,13)14/h1-3,6,9-11H,4-5H2,(H2,12,13,14). The molecule has 0 spiro atoms. The fourth-order valence-corrected chi connectivity index (χ4v) is 1.58. The summed E-state index contributed by atoms with van der Waals surface area (Å²) in [5, 5.41) is 17.3. The van der Waals surface area contributed by atoms with Crippen LogP contribution in [0.15, 0.2) is 24.3 Å². The molecule has 0 saturated carbocycles. The first-order chi connectivity index (χ1) is 7.37. The van der Waals surface area contributed by atoms with E-state index in [0.29, 0.717) is 12.0 Å². The third-order valence-corrected chi connectivity index (χ3v) is 2.26. The van der Waals surface area contributed by atoms with Gasteiger partial charge in [-0.3, -0.25) is 9.79 Å². The summed E-state index contributed by atoms with van der Waals surface area (Å²) >= 11 is 0. The van der Waals surface area contributed by atoms with E-state index in [0.717, 1.165) is 0 Å². The first-order valence-corrected chi connectivity index (χ1v) is 6.10. The zero-order valence-corrected chi connectivity index (χ0v) is 9.25. The highest BCUT2D eigenvalue weighted by Crippen LogP contribution is 2.37. The largest absolute Gasteiger partial charge is 0.524 e. The normalized spacial score (nSPS) is 11.8. The summed E-state index contributed by atoms with van der Waals surface area (Å²) in [6.07, 6.45) is -0.860. The van der Waals surface area contributed by atoms with E-state index in [9.17, 15) is 4.57 Å². The van der Waals surface area contributed by atoms with Gasteiger partial charge in [0.1, 0.15) is 5.75 Å². The molecule has 0 radical (unpaired) electrons. The molecule has 1 rings (SSSR count). The van der Waals surface area contributed by atoms with Crippen LogP contribution < -0.4 is 4.52 Å². The minimum Gasteiger partial charge on any atom is -0.404 e. The summed E-state index contributed by atoms with van der Waals surface area (Å²) in [4.78, 5) is 17.2. The number of aliphatic hydroxyl groups is 2. The lowest BCUT2D eigenvalue weighted by molar-refractivity contribution is -0.0447. The van der Waals surface area contributed by atoms with Crippen LogP contribution in [0.1, 0.15) is 12.0 Å². The highest BCUT2D eigenvalue weighted by molar-refractivity contribution is 7.46. The highest BCUT2D eigenvalue weighted by atomic mass is 31.2. The molecule has 1 aromatic carbocycles. The molecular weight excluding hydrogens is 235 g/mol. The molecule has 0 fully saturated rings. The summed E-state index contributed by atoms with van der Waals surface area (Å²) in [7, 11) is -4.54. The lowest BCUT2D eigenvalue weighted by atomic mass is 10.1. The Morgan fingerprint density at radius 2 is 2.00 bits per heavy atom. The quantitative estimate of drug-likeness (QED) is 0.444. The summed E-state index contributed by atoms with van der Waals surface area (Å²) in [5.41, 5.74) is 0.707. The van der Waals surface area contributed by atoms with Crippen LogP contribution in [0.5, 0.6) is 5.75 Å². The van der Waals surface area contributed by atoms with Crippen molar-refractivity contribution >= 4 is 7.82 Å². The number of aliphatic hydroxyl groups excluding tert-OH is 1. The molecular formula is C9H13O6P. The summed E-state index contributed by atoms with van der Waals surface area (Å²) in [6.45, 7) is 0. The van der Waals surface area contributed by atoms with E-state index in [1.165, 1.54) is 12.1 Å². The molecule has 90 valence electrons. The van der Waals surface area contributed by atoms with Gasteiger partial charge in [0.2, 0.25) is 0 Å². The topological polar surface area (TPSA) is 107 Å². The molecule has 1 aromatic rings. The first kappa shape index (κ1) is 13.2. The molecule has 0 aromatic heterocycles. The summed E-state index contributed by atoms with van der Waals surface area (Å²) in [6, 6.07) is 6.14. The summed E-state index contributed by atoms with van der Waals surface area (Å²) in [5.74, 6) is 0.0539. The maximum Gasteiger partial charge on any atom is 0.524 e. The van der Waals surface area contributed by atoms with Gasteiger partial charge in [-0.05, 0) is 24.1 Å². The van der Waals surface area contributed by atoms with Crippen LogP contribution in [0.4, 0.5) is 0 Å². The maximum absolute atomic E-state index is 10.6. The summed E-state index contributed by atoms with van der Waals surface area (Å²) < 4.78 is 15.0. The van der Waals surface area contributed by atoms with Gasteiger partial charge in [0.05, 0.1) is 0 Å². The van der Waals surface area contributed by atoms with Crippen molar-refractivity contribution in [2.75, 3.05) is 0 Å². The Kier molecular flexibility index (Phi) is 4.46. The number of rotatable bonds is 5. The monoisotopic (exact) mass is 248 g/mol. The van der Waals surface area contributed by atoms with E-state index >= 15 is 0 Å². The highest BCUT2D eigenvalue weighted by Gasteiger charge is 2.15. The SMILES string of the molecule is O=P(O)(O)Oc1cccc(CCC(O)O)c1. The van der Waals surface area contributed by atoms with Gasteiger partial charge in [-0.2, -0.15) is 0 Å². The minimum atomic E-state index is -4.54. The second-order valence-corrected chi connectivity index (χ2v) is 4.41. The average molecular weight is 248 g/mol. The zero-order valence-electron chi connectivity index (χ0n) is 8.35. The van der Waals surface area contributed by atoms with Gasteiger partial charge in [0.15, 0.2) is 6.29 Å². The Hall–Kier alpha value is -0.910. The minimum absolute atomic E-state index is 0.0539. The van der Waals surface area contributed by atoms with E-state index in [2.05, 4.69) is 4.52 Å². The molecule has 0 bridgehead atoms. The van der Waals surface area contributed by atoms with Gasteiger partial charge in [-0.25, -0.2) is 4.57 Å². The second kappa shape index (κ2) is 5.43. The van der Waals surface area contributed by atoms with Gasteiger partial charge >= 0.3 is 7.82 Å². The van der Waals surface area contributed by atoms with Crippen molar-refractivity contribution in [2.45, 2.75) is 19.1 Å². The van der Waals surface area contributed by atoms with Gasteiger partial charge in [-0.1, -0.05) is 12.1 Å². The number of aryl methyl sites for hydroxylation is 1. The van der Waals surface area contributed by atoms with Crippen molar-refractivity contribution < 1.29 is 29.1 Å². The van der Waals surface area contributed by atoms with Crippen molar-refractivity contribution in [1.29, 1.82) is 0 Å². The van der Waals surface area contributed by atoms with Crippen molar-refractivity contribution in [2.24, 2.45) is 0 Å². The van der Waals surface area contributed by atoms with Gasteiger partial charge in [0.25, 0.3) is 0 Å². The molecule has 4 N–H and O–H groups in total. The molecule has 0 aliphatic heterocycles.